The van der Waals surface area contributed by atoms with Crippen LogP contribution in [0, 0.1) is 0 Å². The minimum absolute atomic E-state index is 0.484. The number of nitrogens with zero attached hydrogens (tertiary/aromatic N) is 2. The number of para-hydroxylation sites is 2. The largest absolute Gasteiger partial charge is 0.338 e. The molecule has 0 aliphatic rings. The van der Waals surface area contributed by atoms with Crippen molar-refractivity contribution in [2.75, 3.05) is 0 Å². The second-order valence-electron chi connectivity index (χ2n) is 5.37. The molecule has 2 aromatic carbocycles. The number of hydrogen-bond acceptors (Lipinski definition) is 2. The summed E-state index contributed by atoms with van der Waals surface area (Å²) < 4.78 is 0. The number of H-pyrrole nitrogens is 1. The van der Waals surface area contributed by atoms with Gasteiger partial charge in [0.2, 0.25) is 0 Å². The van der Waals surface area contributed by atoms with E-state index in [-0.39, 0.29) is 0 Å². The van der Waals surface area contributed by atoms with Crippen LogP contribution in [0.2, 0.25) is 0 Å². The fraction of sp³-hybridized carbons (Fsp3) is 0.0526. The molecule has 4 heteroatoms. The van der Waals surface area contributed by atoms with Gasteiger partial charge < -0.3 is 4.98 Å². The number of rotatable bonds is 3. The lowest BCUT2D eigenvalue weighted by molar-refractivity contribution is 1.25. The molecule has 0 saturated heterocycles. The molecule has 4 aromatic rings. The van der Waals surface area contributed by atoms with E-state index < -0.39 is 0 Å². The van der Waals surface area contributed by atoms with Crippen molar-refractivity contribution in [1.29, 1.82) is 0 Å². The van der Waals surface area contributed by atoms with E-state index in [9.17, 15) is 0 Å². The van der Waals surface area contributed by atoms with Crippen molar-refractivity contribution in [2.24, 2.45) is 0 Å². The van der Waals surface area contributed by atoms with Crippen molar-refractivity contribution >= 4 is 22.6 Å². The second kappa shape index (κ2) is 5.86. The summed E-state index contributed by atoms with van der Waals surface area (Å²) in [5, 5.41) is 0. The number of imidazole rings is 1. The minimum Gasteiger partial charge on any atom is -0.338 e. The van der Waals surface area contributed by atoms with Gasteiger partial charge in [-0.1, -0.05) is 42.5 Å². The van der Waals surface area contributed by atoms with Crippen LogP contribution in [-0.2, 0) is 5.88 Å². The van der Waals surface area contributed by atoms with E-state index in [4.69, 9.17) is 11.6 Å². The van der Waals surface area contributed by atoms with Crippen LogP contribution in [0.4, 0.5) is 0 Å². The predicted octanol–water partition coefficient (Wildman–Crippen LogP) is 5.03. The zero-order chi connectivity index (χ0) is 15.6. The lowest BCUT2D eigenvalue weighted by Gasteiger charge is -2.03. The van der Waals surface area contributed by atoms with E-state index in [1.54, 1.807) is 0 Å². The number of pyridine rings is 1. The zero-order valence-corrected chi connectivity index (χ0v) is 13.1. The molecule has 1 N–H and O–H groups in total. The van der Waals surface area contributed by atoms with Crippen LogP contribution in [0.3, 0.4) is 0 Å². The Hall–Kier alpha value is -2.65. The number of aromatic nitrogens is 3. The van der Waals surface area contributed by atoms with Gasteiger partial charge in [0, 0.05) is 23.2 Å². The third kappa shape index (κ3) is 2.71. The molecule has 23 heavy (non-hydrogen) atoms. The molecule has 0 fully saturated rings. The Kier molecular flexibility index (Phi) is 3.56. The fourth-order valence-corrected chi connectivity index (χ4v) is 2.72. The summed E-state index contributed by atoms with van der Waals surface area (Å²) in [7, 11) is 0. The van der Waals surface area contributed by atoms with Crippen molar-refractivity contribution in [3.8, 4) is 22.6 Å². The molecule has 0 aliphatic carbocycles. The van der Waals surface area contributed by atoms with Crippen LogP contribution in [0.15, 0.2) is 66.9 Å². The molecule has 0 radical (unpaired) electrons. The molecule has 0 unspecified atom stereocenters. The number of benzene rings is 2. The topological polar surface area (TPSA) is 41.6 Å². The standard InChI is InChI=1S/C19H14ClN3/c20-11-13-5-10-16(21-12-13)14-6-8-15(9-7-14)19-22-17-3-1-2-4-18(17)23-19/h1-10,12H,11H2,(H,22,23). The average molecular weight is 320 g/mol. The lowest BCUT2D eigenvalue weighted by Crippen LogP contribution is -1.86. The van der Waals surface area contributed by atoms with Gasteiger partial charge in [0.1, 0.15) is 5.82 Å². The van der Waals surface area contributed by atoms with Crippen LogP contribution in [0.1, 0.15) is 5.56 Å². The molecule has 0 spiro atoms. The first kappa shape index (κ1) is 14.0. The summed E-state index contributed by atoms with van der Waals surface area (Å²) in [6.07, 6.45) is 1.81. The average Bonchev–Trinajstić information content (AvgIpc) is 3.06. The van der Waals surface area contributed by atoms with Crippen molar-refractivity contribution < 1.29 is 0 Å². The Morgan fingerprint density at radius 3 is 2.35 bits per heavy atom. The van der Waals surface area contributed by atoms with E-state index in [0.717, 1.165) is 39.2 Å². The lowest BCUT2D eigenvalue weighted by atomic mass is 10.1. The molecule has 0 amide bonds. The maximum atomic E-state index is 5.80. The minimum atomic E-state index is 0.484. The second-order valence-corrected chi connectivity index (χ2v) is 5.63. The SMILES string of the molecule is ClCc1ccc(-c2ccc(-c3nc4ccccc4[nH]3)cc2)nc1. The monoisotopic (exact) mass is 319 g/mol. The molecule has 4 rings (SSSR count). The van der Waals surface area contributed by atoms with E-state index in [0.29, 0.717) is 5.88 Å². The predicted molar refractivity (Wildman–Crippen MR) is 94.3 cm³/mol. The fourth-order valence-electron chi connectivity index (χ4n) is 2.56. The van der Waals surface area contributed by atoms with Crippen LogP contribution < -0.4 is 0 Å². The van der Waals surface area contributed by atoms with Gasteiger partial charge in [-0.05, 0) is 23.8 Å². The number of nitrogens with one attached hydrogen (secondary N) is 1. The van der Waals surface area contributed by atoms with Crippen molar-refractivity contribution in [3.05, 3.63) is 72.4 Å². The van der Waals surface area contributed by atoms with Gasteiger partial charge >= 0.3 is 0 Å². The summed E-state index contributed by atoms with van der Waals surface area (Å²) >= 11 is 5.80. The van der Waals surface area contributed by atoms with Gasteiger partial charge in [0.25, 0.3) is 0 Å². The first-order chi connectivity index (χ1) is 11.3. The summed E-state index contributed by atoms with van der Waals surface area (Å²) in [4.78, 5) is 12.4. The number of halogens is 1. The third-order valence-corrected chi connectivity index (χ3v) is 4.13. The highest BCUT2D eigenvalue weighted by molar-refractivity contribution is 6.17. The normalized spacial score (nSPS) is 11.0. The summed E-state index contributed by atoms with van der Waals surface area (Å²) in [6, 6.07) is 20.3. The Morgan fingerprint density at radius 1 is 0.870 bits per heavy atom. The van der Waals surface area contributed by atoms with Crippen molar-refractivity contribution in [2.45, 2.75) is 5.88 Å². The number of aromatic amines is 1. The molecule has 0 saturated carbocycles. The van der Waals surface area contributed by atoms with Crippen LogP contribution in [-0.4, -0.2) is 15.0 Å². The molecule has 2 heterocycles. The van der Waals surface area contributed by atoms with Gasteiger partial charge in [-0.15, -0.1) is 11.6 Å². The summed E-state index contributed by atoms with van der Waals surface area (Å²) in [6.45, 7) is 0. The first-order valence-corrected chi connectivity index (χ1v) is 7.93. The smallest absolute Gasteiger partial charge is 0.138 e. The summed E-state index contributed by atoms with van der Waals surface area (Å²) in [5.74, 6) is 1.36. The molecule has 3 nitrogen and oxygen atoms in total. The maximum Gasteiger partial charge on any atom is 0.138 e. The molecular weight excluding hydrogens is 306 g/mol. The van der Waals surface area contributed by atoms with E-state index in [1.165, 1.54) is 0 Å². The van der Waals surface area contributed by atoms with Crippen molar-refractivity contribution in [1.82, 2.24) is 15.0 Å². The molecule has 0 aliphatic heterocycles. The third-order valence-electron chi connectivity index (χ3n) is 3.82. The maximum absolute atomic E-state index is 5.80. The van der Waals surface area contributed by atoms with Gasteiger partial charge in [-0.3, -0.25) is 4.98 Å². The first-order valence-electron chi connectivity index (χ1n) is 7.40. The van der Waals surface area contributed by atoms with Gasteiger partial charge in [0.15, 0.2) is 0 Å². The van der Waals surface area contributed by atoms with Crippen molar-refractivity contribution in [3.63, 3.8) is 0 Å². The molecule has 0 atom stereocenters. The van der Waals surface area contributed by atoms with Crippen LogP contribution in [0.5, 0.6) is 0 Å². The Morgan fingerprint density at radius 2 is 1.65 bits per heavy atom. The van der Waals surface area contributed by atoms with Gasteiger partial charge in [-0.25, -0.2) is 4.98 Å². The van der Waals surface area contributed by atoms with E-state index in [2.05, 4.69) is 39.2 Å². The Bertz CT molecular complexity index is 907. The van der Waals surface area contributed by atoms with E-state index >= 15 is 0 Å². The quantitative estimate of drug-likeness (QED) is 0.538. The van der Waals surface area contributed by atoms with Crippen LogP contribution in [0.25, 0.3) is 33.7 Å². The number of alkyl halides is 1. The number of fused-ring (bicyclic) bond motifs is 1. The highest BCUT2D eigenvalue weighted by Gasteiger charge is 2.06. The number of hydrogen-bond donors (Lipinski definition) is 1. The Balaban J connectivity index is 1.66. The molecular formula is C19H14ClN3. The Labute approximate surface area is 139 Å². The summed E-state index contributed by atoms with van der Waals surface area (Å²) in [5.41, 5.74) is 6.12. The molecule has 2 aromatic heterocycles. The van der Waals surface area contributed by atoms with E-state index in [1.807, 2.05) is 42.6 Å². The zero-order valence-electron chi connectivity index (χ0n) is 12.3. The highest BCUT2D eigenvalue weighted by atomic mass is 35.5. The highest BCUT2D eigenvalue weighted by Crippen LogP contribution is 2.24. The molecule has 112 valence electrons. The van der Waals surface area contributed by atoms with Gasteiger partial charge in [0.05, 0.1) is 16.7 Å². The van der Waals surface area contributed by atoms with Gasteiger partial charge in [-0.2, -0.15) is 0 Å². The molecule has 0 bridgehead atoms. The van der Waals surface area contributed by atoms with Crippen LogP contribution >= 0.6 is 11.6 Å².